The minimum atomic E-state index is -0.140. The van der Waals surface area contributed by atoms with Crippen LogP contribution in [0.1, 0.15) is 24.9 Å². The first kappa shape index (κ1) is 20.9. The highest BCUT2D eigenvalue weighted by molar-refractivity contribution is 9.10. The van der Waals surface area contributed by atoms with Gasteiger partial charge in [-0.3, -0.25) is 4.90 Å². The molecule has 1 atom stereocenters. The van der Waals surface area contributed by atoms with Gasteiger partial charge >= 0.3 is 0 Å². The van der Waals surface area contributed by atoms with Crippen LogP contribution in [0.5, 0.6) is 0 Å². The summed E-state index contributed by atoms with van der Waals surface area (Å²) in [5.41, 5.74) is 1.86. The molecule has 0 aromatic heterocycles. The van der Waals surface area contributed by atoms with Crippen molar-refractivity contribution in [3.8, 4) is 0 Å². The highest BCUT2D eigenvalue weighted by atomic mass is 79.9. The number of nitrogens with zero attached hydrogens (tertiary/aromatic N) is 1. The van der Waals surface area contributed by atoms with E-state index in [4.69, 9.17) is 0 Å². The molecule has 21 heavy (non-hydrogen) atoms. The van der Waals surface area contributed by atoms with Crippen LogP contribution in [0.2, 0.25) is 0 Å². The van der Waals surface area contributed by atoms with Crippen LogP contribution >= 0.6 is 40.7 Å². The second-order valence-corrected chi connectivity index (χ2v) is 6.04. The van der Waals surface area contributed by atoms with Crippen LogP contribution in [0.25, 0.3) is 0 Å². The maximum Gasteiger partial charge on any atom is 0.129 e. The molecule has 1 aromatic carbocycles. The van der Waals surface area contributed by atoms with Crippen molar-refractivity contribution in [1.82, 2.24) is 10.2 Å². The predicted molar refractivity (Wildman–Crippen MR) is 95.2 cm³/mol. The number of rotatable bonds is 4. The van der Waals surface area contributed by atoms with E-state index >= 15 is 0 Å². The Morgan fingerprint density at radius 2 is 2.00 bits per heavy atom. The van der Waals surface area contributed by atoms with E-state index in [1.807, 2.05) is 19.1 Å². The summed E-state index contributed by atoms with van der Waals surface area (Å²) >= 11 is 3.31. The number of hydrogen-bond acceptors (Lipinski definition) is 2. The third-order valence-corrected chi connectivity index (χ3v) is 3.95. The molecule has 0 bridgehead atoms. The van der Waals surface area contributed by atoms with Crippen LogP contribution in [0, 0.1) is 5.82 Å². The molecule has 1 saturated heterocycles. The van der Waals surface area contributed by atoms with E-state index in [2.05, 4.69) is 32.7 Å². The van der Waals surface area contributed by atoms with Crippen LogP contribution in [-0.2, 0) is 0 Å². The summed E-state index contributed by atoms with van der Waals surface area (Å²) in [7, 11) is 0. The molecular weight excluding hydrogens is 378 g/mol. The van der Waals surface area contributed by atoms with E-state index in [1.165, 1.54) is 0 Å². The van der Waals surface area contributed by atoms with Crippen molar-refractivity contribution < 1.29 is 4.39 Å². The van der Waals surface area contributed by atoms with Crippen molar-refractivity contribution in [1.29, 1.82) is 0 Å². The molecule has 1 N–H and O–H groups in total. The molecular formula is C15H22BrCl2FN2. The zero-order valence-corrected chi connectivity index (χ0v) is 15.3. The van der Waals surface area contributed by atoms with Gasteiger partial charge in [-0.25, -0.2) is 4.39 Å². The summed E-state index contributed by atoms with van der Waals surface area (Å²) in [5.74, 6) is -0.140. The Bertz CT molecular complexity index is 465. The minimum absolute atomic E-state index is 0. The van der Waals surface area contributed by atoms with Crippen LogP contribution in [0.15, 0.2) is 34.8 Å². The predicted octanol–water partition coefficient (Wildman–Crippen LogP) is 4.34. The zero-order valence-electron chi connectivity index (χ0n) is 12.1. The zero-order chi connectivity index (χ0) is 13.8. The molecule has 0 radical (unpaired) electrons. The van der Waals surface area contributed by atoms with Crippen molar-refractivity contribution in [3.63, 3.8) is 0 Å². The lowest BCUT2D eigenvalue weighted by atomic mass is 9.97. The Balaban J connectivity index is 0.00000200. The van der Waals surface area contributed by atoms with E-state index in [9.17, 15) is 4.39 Å². The van der Waals surface area contributed by atoms with E-state index < -0.39 is 0 Å². The minimum Gasteiger partial charge on any atom is -0.314 e. The number of halogens is 4. The fraction of sp³-hybridized carbons (Fsp3) is 0.467. The third kappa shape index (κ3) is 5.87. The van der Waals surface area contributed by atoms with Gasteiger partial charge in [0.1, 0.15) is 5.82 Å². The lowest BCUT2D eigenvalue weighted by Gasteiger charge is -2.35. The van der Waals surface area contributed by atoms with Crippen LogP contribution in [0.4, 0.5) is 4.39 Å². The second kappa shape index (κ2) is 9.80. The maximum absolute atomic E-state index is 14.2. The SMILES string of the molecule is C=C(C)C[C@H](c1ccc(Br)cc1F)N1CCNCC1.Cl.Cl. The molecule has 2 rings (SSSR count). The molecule has 6 heteroatoms. The Morgan fingerprint density at radius 1 is 1.38 bits per heavy atom. The van der Waals surface area contributed by atoms with Gasteiger partial charge in [-0.05, 0) is 25.5 Å². The summed E-state index contributed by atoms with van der Waals surface area (Å²) in [6.07, 6.45) is 0.804. The molecule has 120 valence electrons. The topological polar surface area (TPSA) is 15.3 Å². The summed E-state index contributed by atoms with van der Waals surface area (Å²) < 4.78 is 15.0. The smallest absolute Gasteiger partial charge is 0.129 e. The van der Waals surface area contributed by atoms with Gasteiger partial charge in [0, 0.05) is 42.3 Å². The number of nitrogens with one attached hydrogen (secondary N) is 1. The highest BCUT2D eigenvalue weighted by Crippen LogP contribution is 2.30. The average molecular weight is 400 g/mol. The largest absolute Gasteiger partial charge is 0.314 e. The fourth-order valence-electron chi connectivity index (χ4n) is 2.53. The highest BCUT2D eigenvalue weighted by Gasteiger charge is 2.24. The van der Waals surface area contributed by atoms with Gasteiger partial charge in [0.2, 0.25) is 0 Å². The number of hydrogen-bond donors (Lipinski definition) is 1. The quantitative estimate of drug-likeness (QED) is 0.757. The Labute approximate surface area is 147 Å². The lowest BCUT2D eigenvalue weighted by Crippen LogP contribution is -2.45. The van der Waals surface area contributed by atoms with Gasteiger partial charge in [-0.2, -0.15) is 0 Å². The first-order chi connectivity index (χ1) is 9.08. The number of piperazine rings is 1. The summed E-state index contributed by atoms with van der Waals surface area (Å²) in [4.78, 5) is 2.34. The first-order valence-corrected chi connectivity index (χ1v) is 7.41. The molecule has 1 aliphatic heterocycles. The van der Waals surface area contributed by atoms with E-state index in [-0.39, 0.29) is 36.7 Å². The molecule has 1 aliphatic rings. The first-order valence-electron chi connectivity index (χ1n) is 6.62. The van der Waals surface area contributed by atoms with E-state index in [0.29, 0.717) is 0 Å². The average Bonchev–Trinajstić information content (AvgIpc) is 2.37. The second-order valence-electron chi connectivity index (χ2n) is 5.13. The van der Waals surface area contributed by atoms with E-state index in [0.717, 1.165) is 48.2 Å². The Hall–Kier alpha value is -0.130. The molecule has 0 unspecified atom stereocenters. The maximum atomic E-state index is 14.2. The van der Waals surface area contributed by atoms with Gasteiger partial charge < -0.3 is 5.32 Å². The number of benzene rings is 1. The van der Waals surface area contributed by atoms with Gasteiger partial charge in [-0.1, -0.05) is 27.6 Å². The standard InChI is InChI=1S/C15H20BrFN2.2ClH/c1-11(2)9-15(19-7-5-18-6-8-19)13-4-3-12(16)10-14(13)17;;/h3-4,10,15,18H,1,5-9H2,2H3;2*1H/t15-;;/m1../s1. The van der Waals surface area contributed by atoms with Crippen molar-refractivity contribution >= 4 is 40.7 Å². The third-order valence-electron chi connectivity index (χ3n) is 3.46. The van der Waals surface area contributed by atoms with Crippen molar-refractivity contribution in [3.05, 3.63) is 46.2 Å². The lowest BCUT2D eigenvalue weighted by molar-refractivity contribution is 0.169. The van der Waals surface area contributed by atoms with Crippen LogP contribution in [-0.4, -0.2) is 31.1 Å². The summed E-state index contributed by atoms with van der Waals surface area (Å²) in [6, 6.07) is 5.43. The molecule has 0 saturated carbocycles. The van der Waals surface area contributed by atoms with Gasteiger partial charge in [0.25, 0.3) is 0 Å². The Kier molecular flexibility index (Phi) is 9.74. The van der Waals surface area contributed by atoms with Crippen LogP contribution < -0.4 is 5.32 Å². The normalized spacial score (nSPS) is 16.5. The summed E-state index contributed by atoms with van der Waals surface area (Å²) in [6.45, 7) is 9.82. The molecule has 1 fully saturated rings. The molecule has 0 spiro atoms. The monoisotopic (exact) mass is 398 g/mol. The van der Waals surface area contributed by atoms with Crippen molar-refractivity contribution in [2.45, 2.75) is 19.4 Å². The van der Waals surface area contributed by atoms with Gasteiger partial charge in [0.15, 0.2) is 0 Å². The van der Waals surface area contributed by atoms with Crippen molar-refractivity contribution in [2.24, 2.45) is 0 Å². The summed E-state index contributed by atoms with van der Waals surface area (Å²) in [5, 5.41) is 3.33. The molecule has 1 aromatic rings. The van der Waals surface area contributed by atoms with Crippen molar-refractivity contribution in [2.75, 3.05) is 26.2 Å². The Morgan fingerprint density at radius 3 is 2.52 bits per heavy atom. The fourth-order valence-corrected chi connectivity index (χ4v) is 2.86. The molecule has 2 nitrogen and oxygen atoms in total. The molecule has 0 amide bonds. The molecule has 1 heterocycles. The molecule has 0 aliphatic carbocycles. The van der Waals surface area contributed by atoms with Crippen LogP contribution in [0.3, 0.4) is 0 Å². The van der Waals surface area contributed by atoms with Gasteiger partial charge in [-0.15, -0.1) is 31.4 Å². The van der Waals surface area contributed by atoms with Gasteiger partial charge in [0.05, 0.1) is 0 Å². The van der Waals surface area contributed by atoms with E-state index in [1.54, 1.807) is 6.07 Å².